The number of hydrogen-bond acceptors (Lipinski definition) is 6. The third-order valence-corrected chi connectivity index (χ3v) is 5.43. The minimum absolute atomic E-state index is 0.00186. The van der Waals surface area contributed by atoms with Crippen molar-refractivity contribution in [1.82, 2.24) is 10.3 Å². The number of aromatic nitrogens is 1. The summed E-state index contributed by atoms with van der Waals surface area (Å²) >= 11 is 5.98. The van der Waals surface area contributed by atoms with E-state index >= 15 is 0 Å². The van der Waals surface area contributed by atoms with Gasteiger partial charge in [-0.3, -0.25) is 4.79 Å². The molecule has 2 aromatic heterocycles. The highest BCUT2D eigenvalue weighted by Gasteiger charge is 2.22. The summed E-state index contributed by atoms with van der Waals surface area (Å²) in [6, 6.07) is 9.19. The molecule has 31 heavy (non-hydrogen) atoms. The average molecular weight is 433 g/mol. The number of benzene rings is 1. The molecule has 0 radical (unpaired) electrons. The van der Waals surface area contributed by atoms with Crippen molar-refractivity contribution in [1.29, 1.82) is 5.26 Å². The van der Waals surface area contributed by atoms with E-state index in [-0.39, 0.29) is 22.8 Å². The van der Waals surface area contributed by atoms with Crippen LogP contribution in [0.4, 0.5) is 5.69 Å². The molecule has 3 heterocycles. The number of nitriles is 1. The number of nitrogens with zero attached hydrogens (tertiary/aromatic N) is 2. The standard InChI is InChI=1S/C24H21ClN4O2/c1-13-9-17(14(2)28-20-6-7-21(25)29-15(20)3)24-18(10-13)22(30)19(11-26)23(31-24)16-5-4-8-27-12-16/h4-7,9-10,12,14,27-28H,8H2,1-3H3/t14-/m1/s1. The van der Waals surface area contributed by atoms with Crippen LogP contribution in [0.3, 0.4) is 0 Å². The van der Waals surface area contributed by atoms with Crippen LogP contribution in [-0.2, 0) is 0 Å². The van der Waals surface area contributed by atoms with E-state index in [0.717, 1.165) is 22.5 Å². The van der Waals surface area contributed by atoms with Gasteiger partial charge in [-0.25, -0.2) is 4.98 Å². The first kappa shape index (κ1) is 20.7. The summed E-state index contributed by atoms with van der Waals surface area (Å²) in [4.78, 5) is 17.5. The fourth-order valence-corrected chi connectivity index (χ4v) is 3.90. The van der Waals surface area contributed by atoms with Crippen LogP contribution in [0, 0.1) is 25.2 Å². The van der Waals surface area contributed by atoms with Gasteiger partial charge in [0, 0.05) is 23.9 Å². The third-order valence-electron chi connectivity index (χ3n) is 5.22. The fraction of sp³-hybridized carbons (Fsp3) is 0.208. The van der Waals surface area contributed by atoms with Gasteiger partial charge < -0.3 is 15.1 Å². The number of pyridine rings is 1. The molecule has 156 valence electrons. The Bertz CT molecular complexity index is 1350. The number of nitrogens with one attached hydrogen (secondary N) is 2. The van der Waals surface area contributed by atoms with Crippen molar-refractivity contribution >= 4 is 33.8 Å². The first-order chi connectivity index (χ1) is 14.9. The minimum atomic E-state index is -0.333. The molecule has 7 heteroatoms. The van der Waals surface area contributed by atoms with Crippen LogP contribution in [0.1, 0.15) is 41.1 Å². The van der Waals surface area contributed by atoms with Gasteiger partial charge in [0.15, 0.2) is 5.76 Å². The number of allylic oxidation sites excluding steroid dienone is 2. The monoisotopic (exact) mass is 432 g/mol. The summed E-state index contributed by atoms with van der Waals surface area (Å²) in [5, 5.41) is 17.0. The summed E-state index contributed by atoms with van der Waals surface area (Å²) in [5.74, 6) is 0.269. The van der Waals surface area contributed by atoms with Gasteiger partial charge in [-0.15, -0.1) is 0 Å². The summed E-state index contributed by atoms with van der Waals surface area (Å²) < 4.78 is 6.24. The first-order valence-electron chi connectivity index (χ1n) is 9.90. The predicted molar refractivity (Wildman–Crippen MR) is 123 cm³/mol. The molecule has 1 aliphatic rings. The summed E-state index contributed by atoms with van der Waals surface area (Å²) in [6.07, 6.45) is 5.51. The van der Waals surface area contributed by atoms with Gasteiger partial charge in [0.2, 0.25) is 5.43 Å². The van der Waals surface area contributed by atoms with E-state index in [2.05, 4.69) is 15.6 Å². The highest BCUT2D eigenvalue weighted by Crippen LogP contribution is 2.31. The van der Waals surface area contributed by atoms with Gasteiger partial charge in [0.05, 0.1) is 22.8 Å². The van der Waals surface area contributed by atoms with Crippen molar-refractivity contribution in [3.63, 3.8) is 0 Å². The van der Waals surface area contributed by atoms with Gasteiger partial charge in [0.1, 0.15) is 22.4 Å². The third kappa shape index (κ3) is 3.92. The zero-order valence-electron chi connectivity index (χ0n) is 17.4. The minimum Gasteiger partial charge on any atom is -0.454 e. The molecule has 0 fully saturated rings. The van der Waals surface area contributed by atoms with E-state index in [1.165, 1.54) is 0 Å². The SMILES string of the molecule is Cc1cc([C@@H](C)Nc2ccc(Cl)nc2C)c2oc(C3=CNCC=C3)c(C#N)c(=O)c2c1. The number of aryl methyl sites for hydroxylation is 2. The zero-order valence-corrected chi connectivity index (χ0v) is 18.2. The molecule has 1 aromatic carbocycles. The van der Waals surface area contributed by atoms with E-state index in [4.69, 9.17) is 16.0 Å². The number of dihydropyridines is 1. The van der Waals surface area contributed by atoms with Crippen LogP contribution >= 0.6 is 11.6 Å². The summed E-state index contributed by atoms with van der Waals surface area (Å²) in [5.41, 5.74) is 4.13. The van der Waals surface area contributed by atoms with Crippen molar-refractivity contribution in [3.8, 4) is 6.07 Å². The summed E-state index contributed by atoms with van der Waals surface area (Å²) in [6.45, 7) is 6.46. The maximum atomic E-state index is 13.2. The highest BCUT2D eigenvalue weighted by atomic mass is 35.5. The van der Waals surface area contributed by atoms with Crippen molar-refractivity contribution in [2.75, 3.05) is 11.9 Å². The molecule has 6 nitrogen and oxygen atoms in total. The number of anilines is 1. The Labute approximate surface area is 184 Å². The molecular weight excluding hydrogens is 412 g/mol. The van der Waals surface area contributed by atoms with Gasteiger partial charge >= 0.3 is 0 Å². The Morgan fingerprint density at radius 3 is 2.81 bits per heavy atom. The van der Waals surface area contributed by atoms with E-state index in [0.29, 0.717) is 28.2 Å². The Morgan fingerprint density at radius 2 is 2.13 bits per heavy atom. The molecule has 1 atom stereocenters. The molecule has 0 saturated heterocycles. The predicted octanol–water partition coefficient (Wildman–Crippen LogP) is 5.00. The molecule has 0 amide bonds. The van der Waals surface area contributed by atoms with Gasteiger partial charge in [0.25, 0.3) is 0 Å². The quantitative estimate of drug-likeness (QED) is 0.563. The lowest BCUT2D eigenvalue weighted by Crippen LogP contribution is -2.15. The molecule has 0 unspecified atom stereocenters. The Morgan fingerprint density at radius 1 is 1.32 bits per heavy atom. The molecule has 3 aromatic rings. The van der Waals surface area contributed by atoms with Crippen LogP contribution < -0.4 is 16.1 Å². The molecule has 0 aliphatic carbocycles. The van der Waals surface area contributed by atoms with E-state index < -0.39 is 0 Å². The molecule has 2 N–H and O–H groups in total. The Balaban J connectivity index is 1.90. The maximum absolute atomic E-state index is 13.2. The first-order valence-corrected chi connectivity index (χ1v) is 10.3. The smallest absolute Gasteiger partial charge is 0.211 e. The molecular formula is C24H21ClN4O2. The van der Waals surface area contributed by atoms with Gasteiger partial charge in [-0.05, 0) is 44.5 Å². The van der Waals surface area contributed by atoms with Crippen molar-refractivity contribution in [2.45, 2.75) is 26.8 Å². The Kier molecular flexibility index (Phi) is 5.53. The Hall–Kier alpha value is -3.56. The number of halogens is 1. The largest absolute Gasteiger partial charge is 0.454 e. The van der Waals surface area contributed by atoms with E-state index in [1.807, 2.05) is 51.1 Å². The fourth-order valence-electron chi connectivity index (χ4n) is 3.71. The van der Waals surface area contributed by atoms with Gasteiger partial charge in [-0.1, -0.05) is 29.8 Å². The van der Waals surface area contributed by atoms with Crippen LogP contribution in [-0.4, -0.2) is 11.5 Å². The molecule has 4 rings (SSSR count). The topological polar surface area (TPSA) is 90.9 Å². The van der Waals surface area contributed by atoms with Crippen LogP contribution in [0.2, 0.25) is 5.15 Å². The van der Waals surface area contributed by atoms with Crippen LogP contribution in [0.5, 0.6) is 0 Å². The molecule has 0 spiro atoms. The van der Waals surface area contributed by atoms with Gasteiger partial charge in [-0.2, -0.15) is 5.26 Å². The zero-order chi connectivity index (χ0) is 22.1. The van der Waals surface area contributed by atoms with Crippen LogP contribution in [0.15, 0.2) is 51.8 Å². The van der Waals surface area contributed by atoms with Crippen molar-refractivity contribution in [3.05, 3.63) is 86.1 Å². The number of rotatable bonds is 4. The maximum Gasteiger partial charge on any atom is 0.211 e. The normalized spacial score (nSPS) is 14.0. The van der Waals surface area contributed by atoms with E-state index in [1.54, 1.807) is 18.3 Å². The summed E-state index contributed by atoms with van der Waals surface area (Å²) in [7, 11) is 0. The second kappa shape index (κ2) is 8.29. The van der Waals surface area contributed by atoms with E-state index in [9.17, 15) is 10.1 Å². The van der Waals surface area contributed by atoms with Crippen molar-refractivity contribution < 1.29 is 4.42 Å². The van der Waals surface area contributed by atoms with Crippen LogP contribution in [0.25, 0.3) is 16.5 Å². The average Bonchev–Trinajstić information content (AvgIpc) is 2.76. The number of hydrogen-bond donors (Lipinski definition) is 2. The molecule has 0 saturated carbocycles. The molecule has 1 aliphatic heterocycles. The lowest BCUT2D eigenvalue weighted by atomic mass is 9.98. The second-order valence-electron chi connectivity index (χ2n) is 7.52. The number of fused-ring (bicyclic) bond motifs is 1. The highest BCUT2D eigenvalue weighted by molar-refractivity contribution is 6.29. The lowest BCUT2D eigenvalue weighted by molar-refractivity contribution is 0.577. The second-order valence-corrected chi connectivity index (χ2v) is 7.91. The van der Waals surface area contributed by atoms with Crippen molar-refractivity contribution in [2.24, 2.45) is 0 Å². The molecule has 0 bridgehead atoms. The lowest BCUT2D eigenvalue weighted by Gasteiger charge is -2.20.